The molecule has 0 spiro atoms. The zero-order valence-electron chi connectivity index (χ0n) is 15.9. The number of para-hydroxylation sites is 1. The van der Waals surface area contributed by atoms with Crippen LogP contribution in [0.2, 0.25) is 0 Å². The minimum absolute atomic E-state index is 0.185. The second-order valence-corrected chi connectivity index (χ2v) is 7.92. The van der Waals surface area contributed by atoms with Gasteiger partial charge in [-0.2, -0.15) is 0 Å². The number of sulfonamides is 1. The lowest BCUT2D eigenvalue weighted by atomic mass is 10.2. The molecule has 0 radical (unpaired) electrons. The average molecular weight is 392 g/mol. The topological polar surface area (TPSA) is 84.9 Å². The zero-order chi connectivity index (χ0) is 20.0. The molecule has 2 aromatic rings. The van der Waals surface area contributed by atoms with Crippen molar-refractivity contribution in [2.75, 3.05) is 31.3 Å². The van der Waals surface area contributed by atoms with Crippen molar-refractivity contribution in [3.05, 3.63) is 53.6 Å². The summed E-state index contributed by atoms with van der Waals surface area (Å²) < 4.78 is 35.9. The SMILES string of the molecule is COc1ccc(OC)c(CNC(=O)CN(c2ccccc2C)S(C)(=O)=O)c1. The summed E-state index contributed by atoms with van der Waals surface area (Å²) in [7, 11) is -0.524. The minimum atomic E-state index is -3.61. The number of hydrogen-bond donors (Lipinski definition) is 1. The molecule has 8 heteroatoms. The fourth-order valence-corrected chi connectivity index (χ4v) is 3.54. The molecule has 0 heterocycles. The van der Waals surface area contributed by atoms with Crippen molar-refractivity contribution in [2.24, 2.45) is 0 Å². The number of benzene rings is 2. The third-order valence-electron chi connectivity index (χ3n) is 4.04. The smallest absolute Gasteiger partial charge is 0.241 e. The highest BCUT2D eigenvalue weighted by molar-refractivity contribution is 7.92. The molecule has 0 fully saturated rings. The lowest BCUT2D eigenvalue weighted by Gasteiger charge is -2.23. The van der Waals surface area contributed by atoms with Gasteiger partial charge < -0.3 is 14.8 Å². The second-order valence-electron chi connectivity index (χ2n) is 6.01. The highest BCUT2D eigenvalue weighted by Gasteiger charge is 2.22. The largest absolute Gasteiger partial charge is 0.497 e. The predicted molar refractivity (Wildman–Crippen MR) is 105 cm³/mol. The Hall–Kier alpha value is -2.74. The Morgan fingerprint density at radius 1 is 1.11 bits per heavy atom. The van der Waals surface area contributed by atoms with Gasteiger partial charge in [0.25, 0.3) is 0 Å². The quantitative estimate of drug-likeness (QED) is 0.744. The molecule has 1 N–H and O–H groups in total. The minimum Gasteiger partial charge on any atom is -0.497 e. The van der Waals surface area contributed by atoms with Crippen molar-refractivity contribution in [3.8, 4) is 11.5 Å². The second kappa shape index (κ2) is 8.77. The lowest BCUT2D eigenvalue weighted by Crippen LogP contribution is -2.40. The molecule has 0 aliphatic heterocycles. The first kappa shape index (κ1) is 20.6. The first-order valence-corrected chi connectivity index (χ1v) is 10.1. The monoisotopic (exact) mass is 392 g/mol. The fraction of sp³-hybridized carbons (Fsp3) is 0.316. The van der Waals surface area contributed by atoms with Gasteiger partial charge in [-0.1, -0.05) is 18.2 Å². The molecule has 0 aliphatic carbocycles. The summed E-state index contributed by atoms with van der Waals surface area (Å²) in [6, 6.07) is 12.3. The van der Waals surface area contributed by atoms with E-state index in [1.165, 1.54) is 7.11 Å². The van der Waals surface area contributed by atoms with Crippen molar-refractivity contribution < 1.29 is 22.7 Å². The van der Waals surface area contributed by atoms with Crippen LogP contribution in [-0.2, 0) is 21.4 Å². The van der Waals surface area contributed by atoms with E-state index in [0.29, 0.717) is 17.2 Å². The number of aryl methyl sites for hydroxylation is 1. The van der Waals surface area contributed by atoms with Crippen molar-refractivity contribution in [1.29, 1.82) is 0 Å². The summed E-state index contributed by atoms with van der Waals surface area (Å²) in [6.45, 7) is 1.67. The van der Waals surface area contributed by atoms with Gasteiger partial charge in [0.1, 0.15) is 18.0 Å². The summed E-state index contributed by atoms with van der Waals surface area (Å²) in [6.07, 6.45) is 1.08. The van der Waals surface area contributed by atoms with Gasteiger partial charge in [-0.05, 0) is 36.8 Å². The third-order valence-corrected chi connectivity index (χ3v) is 5.16. The summed E-state index contributed by atoms with van der Waals surface area (Å²) in [4.78, 5) is 12.4. The molecule has 0 aromatic heterocycles. The first-order valence-electron chi connectivity index (χ1n) is 8.27. The summed E-state index contributed by atoms with van der Waals surface area (Å²) in [5.74, 6) is 0.821. The Labute approximate surface area is 160 Å². The molecule has 0 atom stereocenters. The maximum Gasteiger partial charge on any atom is 0.241 e. The molecular weight excluding hydrogens is 368 g/mol. The third kappa shape index (κ3) is 5.37. The van der Waals surface area contributed by atoms with E-state index in [2.05, 4.69) is 5.32 Å². The van der Waals surface area contributed by atoms with Gasteiger partial charge in [0.05, 0.1) is 26.2 Å². The van der Waals surface area contributed by atoms with E-state index >= 15 is 0 Å². The van der Waals surface area contributed by atoms with E-state index in [-0.39, 0.29) is 13.1 Å². The Balaban J connectivity index is 2.15. The number of anilines is 1. The van der Waals surface area contributed by atoms with Crippen LogP contribution in [0.25, 0.3) is 0 Å². The van der Waals surface area contributed by atoms with Crippen LogP contribution in [0.3, 0.4) is 0 Å². The van der Waals surface area contributed by atoms with E-state index in [4.69, 9.17) is 9.47 Å². The van der Waals surface area contributed by atoms with Gasteiger partial charge in [0, 0.05) is 12.1 Å². The van der Waals surface area contributed by atoms with Crippen LogP contribution in [0.4, 0.5) is 5.69 Å². The summed E-state index contributed by atoms with van der Waals surface area (Å²) in [5, 5.41) is 2.74. The lowest BCUT2D eigenvalue weighted by molar-refractivity contribution is -0.119. The molecular formula is C19H24N2O5S. The molecule has 27 heavy (non-hydrogen) atoms. The Kier molecular flexibility index (Phi) is 6.68. The Morgan fingerprint density at radius 2 is 1.81 bits per heavy atom. The standard InChI is InChI=1S/C19H24N2O5S/c1-14-7-5-6-8-17(14)21(27(4,23)24)13-19(22)20-12-15-11-16(25-2)9-10-18(15)26-3/h5-11H,12-13H2,1-4H3,(H,20,22). The van der Waals surface area contributed by atoms with Gasteiger partial charge >= 0.3 is 0 Å². The van der Waals surface area contributed by atoms with E-state index in [1.807, 2.05) is 6.07 Å². The molecule has 0 unspecified atom stereocenters. The number of nitrogens with one attached hydrogen (secondary N) is 1. The molecule has 2 rings (SSSR count). The Morgan fingerprint density at radius 3 is 2.41 bits per heavy atom. The Bertz CT molecular complexity index is 912. The number of hydrogen-bond acceptors (Lipinski definition) is 5. The summed E-state index contributed by atoms with van der Waals surface area (Å²) in [5.41, 5.74) is 1.98. The van der Waals surface area contributed by atoms with Crippen molar-refractivity contribution in [2.45, 2.75) is 13.5 Å². The van der Waals surface area contributed by atoms with Gasteiger partial charge in [-0.15, -0.1) is 0 Å². The average Bonchev–Trinajstić information content (AvgIpc) is 2.64. The molecule has 0 aliphatic rings. The van der Waals surface area contributed by atoms with Crippen LogP contribution in [0.5, 0.6) is 11.5 Å². The predicted octanol–water partition coefficient (Wildman–Crippen LogP) is 2.09. The molecule has 2 aromatic carbocycles. The van der Waals surface area contributed by atoms with Crippen LogP contribution in [0.1, 0.15) is 11.1 Å². The van der Waals surface area contributed by atoms with E-state index in [0.717, 1.165) is 21.7 Å². The number of carbonyl (C=O) groups excluding carboxylic acids is 1. The van der Waals surface area contributed by atoms with E-state index in [1.54, 1.807) is 50.4 Å². The maximum absolute atomic E-state index is 12.4. The van der Waals surface area contributed by atoms with Gasteiger partial charge in [-0.3, -0.25) is 9.10 Å². The number of rotatable bonds is 8. The normalized spacial score (nSPS) is 11.0. The van der Waals surface area contributed by atoms with Crippen molar-refractivity contribution >= 4 is 21.6 Å². The van der Waals surface area contributed by atoms with Crippen molar-refractivity contribution in [1.82, 2.24) is 5.32 Å². The maximum atomic E-state index is 12.4. The van der Waals surface area contributed by atoms with Gasteiger partial charge in [-0.25, -0.2) is 8.42 Å². The van der Waals surface area contributed by atoms with Crippen LogP contribution >= 0.6 is 0 Å². The van der Waals surface area contributed by atoms with E-state index < -0.39 is 15.9 Å². The van der Waals surface area contributed by atoms with E-state index in [9.17, 15) is 13.2 Å². The molecule has 1 amide bonds. The molecule has 7 nitrogen and oxygen atoms in total. The van der Waals surface area contributed by atoms with Crippen LogP contribution in [0, 0.1) is 6.92 Å². The number of ether oxygens (including phenoxy) is 2. The van der Waals surface area contributed by atoms with Gasteiger partial charge in [0.15, 0.2) is 0 Å². The van der Waals surface area contributed by atoms with Crippen LogP contribution < -0.4 is 19.1 Å². The number of methoxy groups -OCH3 is 2. The number of nitrogens with zero attached hydrogens (tertiary/aromatic N) is 1. The summed E-state index contributed by atoms with van der Waals surface area (Å²) >= 11 is 0. The van der Waals surface area contributed by atoms with Crippen LogP contribution in [-0.4, -0.2) is 41.3 Å². The molecule has 146 valence electrons. The highest BCUT2D eigenvalue weighted by atomic mass is 32.2. The first-order chi connectivity index (χ1) is 12.8. The fourth-order valence-electron chi connectivity index (χ4n) is 2.62. The number of amides is 1. The van der Waals surface area contributed by atoms with Gasteiger partial charge in [0.2, 0.25) is 15.9 Å². The highest BCUT2D eigenvalue weighted by Crippen LogP contribution is 2.24. The number of carbonyl (C=O) groups is 1. The molecule has 0 bridgehead atoms. The molecule has 0 saturated carbocycles. The van der Waals surface area contributed by atoms with Crippen molar-refractivity contribution in [3.63, 3.8) is 0 Å². The molecule has 0 saturated heterocycles. The zero-order valence-corrected chi connectivity index (χ0v) is 16.7. The van der Waals surface area contributed by atoms with Crippen LogP contribution in [0.15, 0.2) is 42.5 Å².